The second-order valence-corrected chi connectivity index (χ2v) is 4.55. The van der Waals surface area contributed by atoms with E-state index in [0.717, 1.165) is 11.2 Å². The predicted molar refractivity (Wildman–Crippen MR) is 62.2 cm³/mol. The SMILES string of the molecule is COCC(C)(C)Nc1cc(Cl)ncc1[NH2+]O. The van der Waals surface area contributed by atoms with Crippen LogP contribution in [0.4, 0.5) is 11.4 Å². The summed E-state index contributed by atoms with van der Waals surface area (Å²) in [5.41, 5.74) is 2.06. The third-order valence-electron chi connectivity index (χ3n) is 2.02. The number of nitrogens with zero attached hydrogens (tertiary/aromatic N) is 1. The minimum Gasteiger partial charge on any atom is -0.382 e. The Kier molecular flexibility index (Phi) is 4.49. The largest absolute Gasteiger partial charge is 0.382 e. The molecule has 1 aromatic heterocycles. The van der Waals surface area contributed by atoms with E-state index in [2.05, 4.69) is 10.3 Å². The summed E-state index contributed by atoms with van der Waals surface area (Å²) in [4.78, 5) is 3.89. The Morgan fingerprint density at radius 2 is 2.31 bits per heavy atom. The lowest BCUT2D eigenvalue weighted by atomic mass is 10.1. The Morgan fingerprint density at radius 3 is 2.88 bits per heavy atom. The maximum Gasteiger partial charge on any atom is 0.203 e. The van der Waals surface area contributed by atoms with E-state index in [4.69, 9.17) is 21.5 Å². The Balaban J connectivity index is 2.90. The zero-order valence-corrected chi connectivity index (χ0v) is 10.4. The number of rotatable bonds is 5. The van der Waals surface area contributed by atoms with Crippen LogP contribution in [-0.2, 0) is 4.74 Å². The van der Waals surface area contributed by atoms with Gasteiger partial charge in [0.2, 0.25) is 5.69 Å². The molecule has 0 aliphatic carbocycles. The highest BCUT2D eigenvalue weighted by Crippen LogP contribution is 2.23. The van der Waals surface area contributed by atoms with Gasteiger partial charge in [0.1, 0.15) is 10.8 Å². The van der Waals surface area contributed by atoms with Gasteiger partial charge in [-0.05, 0) is 13.8 Å². The molecule has 4 N–H and O–H groups in total. The second kappa shape index (κ2) is 5.45. The molecule has 0 fully saturated rings. The van der Waals surface area contributed by atoms with Crippen LogP contribution in [0, 0.1) is 0 Å². The molecular weight excluding hydrogens is 230 g/mol. The lowest BCUT2D eigenvalue weighted by molar-refractivity contribution is -0.825. The van der Waals surface area contributed by atoms with Crippen LogP contribution < -0.4 is 10.8 Å². The number of quaternary nitrogens is 1. The molecule has 5 nitrogen and oxygen atoms in total. The molecule has 0 aliphatic rings. The van der Waals surface area contributed by atoms with Gasteiger partial charge in [0.05, 0.1) is 18.3 Å². The molecule has 1 rings (SSSR count). The molecule has 0 saturated heterocycles. The number of nitrogens with two attached hydrogens (primary N) is 1. The Labute approximate surface area is 99.7 Å². The van der Waals surface area contributed by atoms with E-state index in [1.54, 1.807) is 13.2 Å². The average Bonchev–Trinajstić information content (AvgIpc) is 2.17. The van der Waals surface area contributed by atoms with Crippen molar-refractivity contribution in [1.82, 2.24) is 4.98 Å². The van der Waals surface area contributed by atoms with Gasteiger partial charge in [-0.1, -0.05) is 11.6 Å². The highest BCUT2D eigenvalue weighted by atomic mass is 35.5. The Morgan fingerprint density at radius 1 is 1.62 bits per heavy atom. The fourth-order valence-corrected chi connectivity index (χ4v) is 1.57. The van der Waals surface area contributed by atoms with Gasteiger partial charge >= 0.3 is 0 Å². The summed E-state index contributed by atoms with van der Waals surface area (Å²) in [6.45, 7) is 4.52. The molecule has 6 heteroatoms. The van der Waals surface area contributed by atoms with Crippen molar-refractivity contribution >= 4 is 23.0 Å². The first-order valence-electron chi connectivity index (χ1n) is 4.88. The number of aromatic nitrogens is 1. The highest BCUT2D eigenvalue weighted by Gasteiger charge is 2.20. The lowest BCUT2D eigenvalue weighted by Crippen LogP contribution is -2.74. The van der Waals surface area contributed by atoms with E-state index in [0.29, 0.717) is 17.4 Å². The van der Waals surface area contributed by atoms with E-state index in [9.17, 15) is 0 Å². The van der Waals surface area contributed by atoms with Gasteiger partial charge < -0.3 is 10.1 Å². The van der Waals surface area contributed by atoms with Crippen molar-refractivity contribution in [1.29, 1.82) is 0 Å². The van der Waals surface area contributed by atoms with Crippen molar-refractivity contribution in [2.45, 2.75) is 19.4 Å². The van der Waals surface area contributed by atoms with E-state index in [-0.39, 0.29) is 5.54 Å². The quantitative estimate of drug-likeness (QED) is 0.539. The lowest BCUT2D eigenvalue weighted by Gasteiger charge is -2.26. The minimum absolute atomic E-state index is 0.253. The summed E-state index contributed by atoms with van der Waals surface area (Å²) in [5.74, 6) is 0. The van der Waals surface area contributed by atoms with Crippen LogP contribution in [0.3, 0.4) is 0 Å². The molecule has 90 valence electrons. The number of pyridine rings is 1. The molecule has 0 atom stereocenters. The van der Waals surface area contributed by atoms with Crippen LogP contribution in [0.15, 0.2) is 12.3 Å². The van der Waals surface area contributed by atoms with Crippen molar-refractivity contribution in [2.75, 3.05) is 19.0 Å². The summed E-state index contributed by atoms with van der Waals surface area (Å²) < 4.78 is 5.10. The average molecular weight is 247 g/mol. The number of ether oxygens (including phenoxy) is 1. The predicted octanol–water partition coefficient (Wildman–Crippen LogP) is 1.16. The number of hydrogen-bond donors (Lipinski definition) is 3. The molecule has 0 radical (unpaired) electrons. The van der Waals surface area contributed by atoms with Crippen LogP contribution in [0.5, 0.6) is 0 Å². The summed E-state index contributed by atoms with van der Waals surface area (Å²) >= 11 is 5.80. The first-order chi connectivity index (χ1) is 7.48. The number of hydrogen-bond acceptors (Lipinski definition) is 4. The van der Waals surface area contributed by atoms with Crippen LogP contribution in [0.2, 0.25) is 5.15 Å². The minimum atomic E-state index is -0.253. The van der Waals surface area contributed by atoms with Gasteiger partial charge in [-0.2, -0.15) is 5.48 Å². The molecule has 0 unspecified atom stereocenters. The normalized spacial score (nSPS) is 11.6. The first kappa shape index (κ1) is 13.2. The molecule has 0 aromatic carbocycles. The topological polar surface area (TPSA) is 71.0 Å². The fourth-order valence-electron chi connectivity index (χ4n) is 1.41. The Hall–Kier alpha value is -0.880. The van der Waals surface area contributed by atoms with Crippen molar-refractivity contribution in [3.05, 3.63) is 17.4 Å². The molecule has 0 bridgehead atoms. The van der Waals surface area contributed by atoms with Gasteiger partial charge in [0, 0.05) is 13.2 Å². The Bertz CT molecular complexity index is 358. The van der Waals surface area contributed by atoms with Gasteiger partial charge in [-0.15, -0.1) is 0 Å². The highest BCUT2D eigenvalue weighted by molar-refractivity contribution is 6.29. The van der Waals surface area contributed by atoms with Crippen molar-refractivity contribution < 1.29 is 15.4 Å². The molecule has 16 heavy (non-hydrogen) atoms. The monoisotopic (exact) mass is 246 g/mol. The summed E-state index contributed by atoms with van der Waals surface area (Å²) in [6, 6.07) is 1.67. The number of halogens is 1. The molecule has 0 aliphatic heterocycles. The third kappa shape index (κ3) is 3.61. The van der Waals surface area contributed by atoms with E-state index < -0.39 is 0 Å². The van der Waals surface area contributed by atoms with Crippen molar-refractivity contribution in [3.63, 3.8) is 0 Å². The van der Waals surface area contributed by atoms with Crippen LogP contribution in [-0.4, -0.2) is 29.4 Å². The van der Waals surface area contributed by atoms with Crippen LogP contribution in [0.1, 0.15) is 13.8 Å². The summed E-state index contributed by atoms with van der Waals surface area (Å²) in [5, 5.41) is 12.7. The van der Waals surface area contributed by atoms with Crippen molar-refractivity contribution in [2.24, 2.45) is 0 Å². The third-order valence-corrected chi connectivity index (χ3v) is 2.23. The maximum atomic E-state index is 9.06. The van der Waals surface area contributed by atoms with Gasteiger partial charge in [-0.3, -0.25) is 0 Å². The number of methoxy groups -OCH3 is 1. The second-order valence-electron chi connectivity index (χ2n) is 4.17. The van der Waals surface area contributed by atoms with E-state index in [1.807, 2.05) is 13.8 Å². The van der Waals surface area contributed by atoms with E-state index in [1.165, 1.54) is 6.20 Å². The fraction of sp³-hybridized carbons (Fsp3) is 0.500. The summed E-state index contributed by atoms with van der Waals surface area (Å²) in [7, 11) is 1.64. The summed E-state index contributed by atoms with van der Waals surface area (Å²) in [6.07, 6.45) is 1.51. The van der Waals surface area contributed by atoms with Gasteiger partial charge in [0.15, 0.2) is 0 Å². The molecular formula is C10H17ClN3O2+. The molecule has 0 saturated carbocycles. The van der Waals surface area contributed by atoms with Crippen LogP contribution in [0.25, 0.3) is 0 Å². The van der Waals surface area contributed by atoms with Crippen molar-refractivity contribution in [3.8, 4) is 0 Å². The zero-order chi connectivity index (χ0) is 12.2. The molecule has 0 amide bonds. The smallest absolute Gasteiger partial charge is 0.203 e. The molecule has 1 aromatic rings. The standard InChI is InChI=1S/C10H16ClN3O2/c1-10(2,6-16-3)13-7-4-9(11)12-5-8(7)14-15/h4-5,14-15H,6H2,1-3H3,(H,12,13)/p+1. The molecule has 1 heterocycles. The van der Waals surface area contributed by atoms with E-state index >= 15 is 0 Å². The first-order valence-corrected chi connectivity index (χ1v) is 5.26. The number of anilines is 1. The maximum absolute atomic E-state index is 9.06. The van der Waals surface area contributed by atoms with Gasteiger partial charge in [0.25, 0.3) is 0 Å². The van der Waals surface area contributed by atoms with Gasteiger partial charge in [-0.25, -0.2) is 10.2 Å². The molecule has 0 spiro atoms. The zero-order valence-electron chi connectivity index (χ0n) is 9.62. The number of nitrogens with one attached hydrogen (secondary N) is 1. The van der Waals surface area contributed by atoms with Crippen LogP contribution >= 0.6 is 11.6 Å².